The van der Waals surface area contributed by atoms with Gasteiger partial charge in [-0.05, 0) is 56.3 Å². The number of hydrogen-bond acceptors (Lipinski definition) is 2. The van der Waals surface area contributed by atoms with E-state index >= 15 is 0 Å². The summed E-state index contributed by atoms with van der Waals surface area (Å²) in [4.78, 5) is 2.63. The summed E-state index contributed by atoms with van der Waals surface area (Å²) in [5, 5.41) is 0. The van der Waals surface area contributed by atoms with Gasteiger partial charge in [0.15, 0.2) is 0 Å². The fourth-order valence-corrected chi connectivity index (χ4v) is 2.71. The SMILES string of the molecule is CCC(C)N1CCCC(c2ccc(N)cc2)C1. The molecule has 1 aliphatic heterocycles. The van der Waals surface area contributed by atoms with E-state index in [9.17, 15) is 0 Å². The van der Waals surface area contributed by atoms with Gasteiger partial charge >= 0.3 is 0 Å². The van der Waals surface area contributed by atoms with Crippen LogP contribution in [0, 0.1) is 0 Å². The Morgan fingerprint density at radius 1 is 1.35 bits per heavy atom. The lowest BCUT2D eigenvalue weighted by Gasteiger charge is -2.36. The van der Waals surface area contributed by atoms with Crippen molar-refractivity contribution in [3.8, 4) is 0 Å². The second-order valence-electron chi connectivity index (χ2n) is 5.26. The molecule has 0 aromatic heterocycles. The van der Waals surface area contributed by atoms with Gasteiger partial charge in [0.05, 0.1) is 0 Å². The smallest absolute Gasteiger partial charge is 0.0314 e. The molecule has 0 amide bonds. The van der Waals surface area contributed by atoms with Crippen molar-refractivity contribution in [2.75, 3.05) is 18.8 Å². The Morgan fingerprint density at radius 3 is 2.71 bits per heavy atom. The minimum absolute atomic E-state index is 0.693. The van der Waals surface area contributed by atoms with Gasteiger partial charge in [0, 0.05) is 18.3 Å². The Hall–Kier alpha value is -1.02. The first-order chi connectivity index (χ1) is 8.20. The third kappa shape index (κ3) is 3.01. The molecule has 2 heteroatoms. The first-order valence-corrected chi connectivity index (χ1v) is 6.80. The fourth-order valence-electron chi connectivity index (χ4n) is 2.71. The molecule has 0 aliphatic carbocycles. The van der Waals surface area contributed by atoms with Gasteiger partial charge in [-0.25, -0.2) is 0 Å². The van der Waals surface area contributed by atoms with Gasteiger partial charge in [0.25, 0.3) is 0 Å². The van der Waals surface area contributed by atoms with E-state index in [1.54, 1.807) is 0 Å². The molecule has 2 rings (SSSR count). The largest absolute Gasteiger partial charge is 0.399 e. The maximum absolute atomic E-state index is 5.74. The number of nitrogens with two attached hydrogens (primary N) is 1. The number of piperidine rings is 1. The van der Waals surface area contributed by atoms with E-state index in [0.29, 0.717) is 12.0 Å². The van der Waals surface area contributed by atoms with Crippen molar-refractivity contribution in [3.05, 3.63) is 29.8 Å². The van der Waals surface area contributed by atoms with Gasteiger partial charge in [-0.1, -0.05) is 19.1 Å². The van der Waals surface area contributed by atoms with Crippen LogP contribution in [0.3, 0.4) is 0 Å². The standard InChI is InChI=1S/C15H24N2/c1-3-12(2)17-10-4-5-14(11-17)13-6-8-15(16)9-7-13/h6-9,12,14H,3-5,10-11,16H2,1-2H3. The molecule has 1 heterocycles. The average Bonchev–Trinajstić information content (AvgIpc) is 2.39. The summed E-state index contributed by atoms with van der Waals surface area (Å²) >= 11 is 0. The van der Waals surface area contributed by atoms with Crippen LogP contribution in [-0.4, -0.2) is 24.0 Å². The van der Waals surface area contributed by atoms with Gasteiger partial charge in [-0.15, -0.1) is 0 Å². The number of anilines is 1. The first kappa shape index (κ1) is 12.4. The van der Waals surface area contributed by atoms with E-state index in [0.717, 1.165) is 5.69 Å². The molecule has 0 radical (unpaired) electrons. The minimum atomic E-state index is 0.693. The molecule has 94 valence electrons. The number of nitrogen functional groups attached to an aromatic ring is 1. The zero-order valence-electron chi connectivity index (χ0n) is 11.0. The zero-order chi connectivity index (χ0) is 12.3. The van der Waals surface area contributed by atoms with E-state index in [2.05, 4.69) is 30.9 Å². The normalized spacial score (nSPS) is 23.5. The Morgan fingerprint density at radius 2 is 2.06 bits per heavy atom. The van der Waals surface area contributed by atoms with Crippen LogP contribution in [0.2, 0.25) is 0 Å². The molecule has 1 aromatic carbocycles. The zero-order valence-corrected chi connectivity index (χ0v) is 11.0. The third-order valence-corrected chi connectivity index (χ3v) is 4.07. The molecule has 2 atom stereocenters. The quantitative estimate of drug-likeness (QED) is 0.811. The maximum Gasteiger partial charge on any atom is 0.0314 e. The highest BCUT2D eigenvalue weighted by atomic mass is 15.2. The van der Waals surface area contributed by atoms with E-state index in [1.165, 1.54) is 37.9 Å². The molecule has 1 fully saturated rings. The average molecular weight is 232 g/mol. The highest BCUT2D eigenvalue weighted by molar-refractivity contribution is 5.40. The lowest BCUT2D eigenvalue weighted by molar-refractivity contribution is 0.154. The van der Waals surface area contributed by atoms with Crippen LogP contribution >= 0.6 is 0 Å². The van der Waals surface area contributed by atoms with Crippen molar-refractivity contribution in [2.45, 2.75) is 45.1 Å². The number of nitrogens with zero attached hydrogens (tertiary/aromatic N) is 1. The molecule has 0 saturated carbocycles. The number of likely N-dealkylation sites (tertiary alicyclic amines) is 1. The Kier molecular flexibility index (Phi) is 4.06. The summed E-state index contributed by atoms with van der Waals surface area (Å²) < 4.78 is 0. The molecule has 0 spiro atoms. The second kappa shape index (κ2) is 5.54. The van der Waals surface area contributed by atoms with Gasteiger partial charge in [0.2, 0.25) is 0 Å². The van der Waals surface area contributed by atoms with Crippen molar-refractivity contribution >= 4 is 5.69 Å². The lowest BCUT2D eigenvalue weighted by Crippen LogP contribution is -2.40. The van der Waals surface area contributed by atoms with Crippen molar-refractivity contribution in [3.63, 3.8) is 0 Å². The minimum Gasteiger partial charge on any atom is -0.399 e. The van der Waals surface area contributed by atoms with E-state index in [-0.39, 0.29) is 0 Å². The molecule has 2 N–H and O–H groups in total. The molecule has 0 bridgehead atoms. The summed E-state index contributed by atoms with van der Waals surface area (Å²) in [5.74, 6) is 0.693. The molecule has 17 heavy (non-hydrogen) atoms. The molecule has 2 unspecified atom stereocenters. The van der Waals surface area contributed by atoms with Crippen LogP contribution in [0.15, 0.2) is 24.3 Å². The number of hydrogen-bond donors (Lipinski definition) is 1. The number of rotatable bonds is 3. The predicted octanol–water partition coefficient (Wildman–Crippen LogP) is 3.25. The van der Waals surface area contributed by atoms with Crippen LogP contribution < -0.4 is 5.73 Å². The van der Waals surface area contributed by atoms with Gasteiger partial charge in [0.1, 0.15) is 0 Å². The number of benzene rings is 1. The van der Waals surface area contributed by atoms with Crippen molar-refractivity contribution in [1.29, 1.82) is 0 Å². The summed E-state index contributed by atoms with van der Waals surface area (Å²) in [6, 6.07) is 9.15. The Labute approximate surface area is 105 Å². The second-order valence-corrected chi connectivity index (χ2v) is 5.26. The molecule has 1 saturated heterocycles. The monoisotopic (exact) mass is 232 g/mol. The van der Waals surface area contributed by atoms with Crippen LogP contribution in [0.5, 0.6) is 0 Å². The van der Waals surface area contributed by atoms with Crippen molar-refractivity contribution in [2.24, 2.45) is 0 Å². The van der Waals surface area contributed by atoms with E-state index in [4.69, 9.17) is 5.73 Å². The molecular formula is C15H24N2. The molecule has 2 nitrogen and oxygen atoms in total. The highest BCUT2D eigenvalue weighted by Crippen LogP contribution is 2.28. The van der Waals surface area contributed by atoms with Gasteiger partial charge in [-0.2, -0.15) is 0 Å². The summed E-state index contributed by atoms with van der Waals surface area (Å²) in [5.41, 5.74) is 8.06. The Bertz CT molecular complexity index is 344. The van der Waals surface area contributed by atoms with Crippen molar-refractivity contribution < 1.29 is 0 Å². The van der Waals surface area contributed by atoms with Crippen LogP contribution in [0.25, 0.3) is 0 Å². The van der Waals surface area contributed by atoms with Crippen LogP contribution in [-0.2, 0) is 0 Å². The molecular weight excluding hydrogens is 208 g/mol. The summed E-state index contributed by atoms with van der Waals surface area (Å²) in [6.45, 7) is 7.09. The topological polar surface area (TPSA) is 29.3 Å². The van der Waals surface area contributed by atoms with Crippen LogP contribution in [0.4, 0.5) is 5.69 Å². The predicted molar refractivity (Wildman–Crippen MR) is 74.2 cm³/mol. The molecule has 1 aromatic rings. The van der Waals surface area contributed by atoms with E-state index in [1.807, 2.05) is 12.1 Å². The highest BCUT2D eigenvalue weighted by Gasteiger charge is 2.23. The maximum atomic E-state index is 5.74. The fraction of sp³-hybridized carbons (Fsp3) is 0.600. The van der Waals surface area contributed by atoms with Gasteiger partial charge < -0.3 is 10.6 Å². The summed E-state index contributed by atoms with van der Waals surface area (Å²) in [7, 11) is 0. The van der Waals surface area contributed by atoms with E-state index < -0.39 is 0 Å². The van der Waals surface area contributed by atoms with Gasteiger partial charge in [-0.3, -0.25) is 0 Å². The lowest BCUT2D eigenvalue weighted by atomic mass is 9.89. The van der Waals surface area contributed by atoms with Crippen molar-refractivity contribution in [1.82, 2.24) is 4.90 Å². The summed E-state index contributed by atoms with van der Waals surface area (Å²) in [6.07, 6.45) is 3.88. The third-order valence-electron chi connectivity index (χ3n) is 4.07. The Balaban J connectivity index is 2.04. The first-order valence-electron chi connectivity index (χ1n) is 6.80. The van der Waals surface area contributed by atoms with Crippen LogP contribution in [0.1, 0.15) is 44.6 Å². The molecule has 1 aliphatic rings.